The number of rotatable bonds is 6. The van der Waals surface area contributed by atoms with Gasteiger partial charge in [0, 0.05) is 10.6 Å². The maximum absolute atomic E-state index is 5.94. The number of benzene rings is 3. The number of hydrogen-bond donors (Lipinski definition) is 0. The molecule has 0 fully saturated rings. The Hall–Kier alpha value is -2.56. The van der Waals surface area contributed by atoms with E-state index in [4.69, 9.17) is 16.1 Å². The van der Waals surface area contributed by atoms with Crippen molar-refractivity contribution in [3.63, 3.8) is 0 Å². The van der Waals surface area contributed by atoms with Crippen LogP contribution < -0.4 is 0 Å². The first-order valence-electron chi connectivity index (χ1n) is 8.59. The van der Waals surface area contributed by atoms with E-state index >= 15 is 0 Å². The van der Waals surface area contributed by atoms with Gasteiger partial charge in [0.15, 0.2) is 0 Å². The standard InChI is InChI=1S/C22H17ClN2OS/c23-19-13-11-18(12-14-19)22-24-20(26-25-22)15-27-21(16-7-3-1-4-8-16)17-9-5-2-6-10-17/h1-14,21H,15H2. The van der Waals surface area contributed by atoms with E-state index in [2.05, 4.69) is 58.7 Å². The molecule has 0 saturated heterocycles. The smallest absolute Gasteiger partial charge is 0.236 e. The van der Waals surface area contributed by atoms with Crippen LogP contribution in [0.1, 0.15) is 22.3 Å². The molecule has 4 rings (SSSR count). The minimum atomic E-state index is 0.207. The van der Waals surface area contributed by atoms with Gasteiger partial charge in [-0.2, -0.15) is 4.98 Å². The van der Waals surface area contributed by atoms with E-state index < -0.39 is 0 Å². The normalized spacial score (nSPS) is 11.0. The molecule has 1 aromatic heterocycles. The monoisotopic (exact) mass is 392 g/mol. The van der Waals surface area contributed by atoms with E-state index in [1.807, 2.05) is 36.4 Å². The number of nitrogens with zero attached hydrogens (tertiary/aromatic N) is 2. The van der Waals surface area contributed by atoms with Crippen molar-refractivity contribution < 1.29 is 4.52 Å². The molecule has 0 bridgehead atoms. The maximum Gasteiger partial charge on any atom is 0.236 e. The lowest BCUT2D eigenvalue weighted by Gasteiger charge is -2.16. The lowest BCUT2D eigenvalue weighted by molar-refractivity contribution is 0.391. The van der Waals surface area contributed by atoms with Gasteiger partial charge in [0.2, 0.25) is 11.7 Å². The molecule has 3 aromatic carbocycles. The summed E-state index contributed by atoms with van der Waals surface area (Å²) in [7, 11) is 0. The van der Waals surface area contributed by atoms with Crippen LogP contribution in [0.4, 0.5) is 0 Å². The summed E-state index contributed by atoms with van der Waals surface area (Å²) in [6.45, 7) is 0. The van der Waals surface area contributed by atoms with Gasteiger partial charge in [0.1, 0.15) is 0 Å². The fourth-order valence-electron chi connectivity index (χ4n) is 2.82. The molecule has 0 amide bonds. The summed E-state index contributed by atoms with van der Waals surface area (Å²) >= 11 is 7.71. The van der Waals surface area contributed by atoms with Crippen molar-refractivity contribution in [2.24, 2.45) is 0 Å². The van der Waals surface area contributed by atoms with Crippen LogP contribution in [0.5, 0.6) is 0 Å². The summed E-state index contributed by atoms with van der Waals surface area (Å²) in [5.41, 5.74) is 3.40. The molecule has 134 valence electrons. The molecule has 0 radical (unpaired) electrons. The van der Waals surface area contributed by atoms with Gasteiger partial charge >= 0.3 is 0 Å². The SMILES string of the molecule is Clc1ccc(-c2noc(CSC(c3ccccc3)c3ccccc3)n2)cc1. The molecule has 0 aliphatic carbocycles. The lowest BCUT2D eigenvalue weighted by Crippen LogP contribution is -1.97. The van der Waals surface area contributed by atoms with Crippen molar-refractivity contribution in [3.05, 3.63) is 107 Å². The Morgan fingerprint density at radius 2 is 1.41 bits per heavy atom. The van der Waals surface area contributed by atoms with Gasteiger partial charge < -0.3 is 4.52 Å². The highest BCUT2D eigenvalue weighted by atomic mass is 35.5. The fraction of sp³-hybridized carbons (Fsp3) is 0.0909. The Kier molecular flexibility index (Phi) is 5.56. The van der Waals surface area contributed by atoms with Gasteiger partial charge in [-0.3, -0.25) is 0 Å². The number of thioether (sulfide) groups is 1. The van der Waals surface area contributed by atoms with Crippen LogP contribution >= 0.6 is 23.4 Å². The van der Waals surface area contributed by atoms with Gasteiger partial charge in [-0.15, -0.1) is 11.8 Å². The minimum Gasteiger partial charge on any atom is -0.338 e. The summed E-state index contributed by atoms with van der Waals surface area (Å²) in [5.74, 6) is 1.83. The Balaban J connectivity index is 1.52. The van der Waals surface area contributed by atoms with Crippen LogP contribution in [-0.4, -0.2) is 10.1 Å². The third kappa shape index (κ3) is 4.41. The maximum atomic E-state index is 5.94. The second kappa shape index (κ2) is 8.42. The van der Waals surface area contributed by atoms with Crippen LogP contribution in [0.2, 0.25) is 5.02 Å². The fourth-order valence-corrected chi connectivity index (χ4v) is 4.08. The first-order valence-corrected chi connectivity index (χ1v) is 10.0. The molecular formula is C22H17ClN2OS. The summed E-state index contributed by atoms with van der Waals surface area (Å²) < 4.78 is 5.46. The summed E-state index contributed by atoms with van der Waals surface area (Å²) in [6.07, 6.45) is 0. The zero-order valence-corrected chi connectivity index (χ0v) is 16.0. The van der Waals surface area contributed by atoms with Gasteiger partial charge in [-0.25, -0.2) is 0 Å². The third-order valence-corrected chi connectivity index (χ3v) is 5.69. The topological polar surface area (TPSA) is 38.9 Å². The van der Waals surface area contributed by atoms with Crippen molar-refractivity contribution in [3.8, 4) is 11.4 Å². The summed E-state index contributed by atoms with van der Waals surface area (Å²) in [4.78, 5) is 4.53. The predicted octanol–water partition coefficient (Wildman–Crippen LogP) is 6.41. The van der Waals surface area contributed by atoms with E-state index in [0.29, 0.717) is 22.5 Å². The molecule has 0 aliphatic rings. The van der Waals surface area contributed by atoms with Gasteiger partial charge in [0.25, 0.3) is 0 Å². The number of aromatic nitrogens is 2. The van der Waals surface area contributed by atoms with E-state index in [9.17, 15) is 0 Å². The number of halogens is 1. The molecule has 0 unspecified atom stereocenters. The summed E-state index contributed by atoms with van der Waals surface area (Å²) in [6, 6.07) is 28.4. The molecule has 27 heavy (non-hydrogen) atoms. The molecule has 0 N–H and O–H groups in total. The minimum absolute atomic E-state index is 0.207. The Morgan fingerprint density at radius 1 is 0.815 bits per heavy atom. The van der Waals surface area contributed by atoms with Crippen molar-refractivity contribution >= 4 is 23.4 Å². The van der Waals surface area contributed by atoms with Crippen molar-refractivity contribution in [1.29, 1.82) is 0 Å². The first kappa shape index (κ1) is 17.8. The molecule has 4 aromatic rings. The van der Waals surface area contributed by atoms with Gasteiger partial charge in [0.05, 0.1) is 11.0 Å². The molecule has 0 aliphatic heterocycles. The van der Waals surface area contributed by atoms with E-state index in [1.165, 1.54) is 11.1 Å². The highest BCUT2D eigenvalue weighted by Crippen LogP contribution is 2.37. The van der Waals surface area contributed by atoms with E-state index in [-0.39, 0.29) is 5.25 Å². The quantitative estimate of drug-likeness (QED) is 0.380. The Bertz CT molecular complexity index is 948. The largest absolute Gasteiger partial charge is 0.338 e. The van der Waals surface area contributed by atoms with Crippen molar-refractivity contribution in [2.75, 3.05) is 0 Å². The highest BCUT2D eigenvalue weighted by Gasteiger charge is 2.17. The van der Waals surface area contributed by atoms with Crippen molar-refractivity contribution in [1.82, 2.24) is 10.1 Å². The molecule has 1 heterocycles. The Morgan fingerprint density at radius 3 is 2.00 bits per heavy atom. The predicted molar refractivity (Wildman–Crippen MR) is 111 cm³/mol. The average molecular weight is 393 g/mol. The Labute approximate surface area is 167 Å². The van der Waals surface area contributed by atoms with Crippen LogP contribution in [0.15, 0.2) is 89.5 Å². The molecular weight excluding hydrogens is 376 g/mol. The zero-order chi connectivity index (χ0) is 18.5. The highest BCUT2D eigenvalue weighted by molar-refractivity contribution is 7.98. The second-order valence-corrected chi connectivity index (χ2v) is 7.56. The van der Waals surface area contributed by atoms with E-state index in [1.54, 1.807) is 11.8 Å². The molecule has 0 saturated carbocycles. The van der Waals surface area contributed by atoms with Crippen LogP contribution in [0, 0.1) is 0 Å². The average Bonchev–Trinajstić information content (AvgIpc) is 3.19. The van der Waals surface area contributed by atoms with Crippen molar-refractivity contribution in [2.45, 2.75) is 11.0 Å². The van der Waals surface area contributed by atoms with Crippen LogP contribution in [0.3, 0.4) is 0 Å². The second-order valence-electron chi connectivity index (χ2n) is 6.03. The lowest BCUT2D eigenvalue weighted by atomic mass is 10.0. The van der Waals surface area contributed by atoms with Gasteiger partial charge in [-0.05, 0) is 35.4 Å². The number of hydrogen-bond acceptors (Lipinski definition) is 4. The molecule has 0 spiro atoms. The van der Waals surface area contributed by atoms with Gasteiger partial charge in [-0.1, -0.05) is 77.4 Å². The van der Waals surface area contributed by atoms with Crippen LogP contribution in [0.25, 0.3) is 11.4 Å². The van der Waals surface area contributed by atoms with Crippen LogP contribution in [-0.2, 0) is 5.75 Å². The molecule has 0 atom stereocenters. The molecule has 3 nitrogen and oxygen atoms in total. The zero-order valence-electron chi connectivity index (χ0n) is 14.5. The first-order chi connectivity index (χ1) is 13.3. The third-order valence-electron chi connectivity index (χ3n) is 4.15. The molecule has 5 heteroatoms. The summed E-state index contributed by atoms with van der Waals surface area (Å²) in [5, 5.41) is 4.99. The van der Waals surface area contributed by atoms with E-state index in [0.717, 1.165) is 5.56 Å².